The van der Waals surface area contributed by atoms with Crippen LogP contribution in [0.4, 0.5) is 5.69 Å². The van der Waals surface area contributed by atoms with Crippen molar-refractivity contribution in [3.8, 4) is 0 Å². The molecule has 0 unspecified atom stereocenters. The minimum Gasteiger partial charge on any atom is -0.467 e. The minimum atomic E-state index is -0.431. The van der Waals surface area contributed by atoms with Crippen molar-refractivity contribution in [3.63, 3.8) is 0 Å². The predicted octanol–water partition coefficient (Wildman–Crippen LogP) is 1.89. The third-order valence-electron chi connectivity index (χ3n) is 6.55. The highest BCUT2D eigenvalue weighted by atomic mass is 16.5. The fourth-order valence-electron chi connectivity index (χ4n) is 4.71. The summed E-state index contributed by atoms with van der Waals surface area (Å²) in [7, 11) is 3.32. The Labute approximate surface area is 189 Å². The molecule has 0 bridgehead atoms. The fourth-order valence-corrected chi connectivity index (χ4v) is 4.71. The lowest BCUT2D eigenvalue weighted by Gasteiger charge is -2.34. The summed E-state index contributed by atoms with van der Waals surface area (Å²) in [6.07, 6.45) is 8.01. The summed E-state index contributed by atoms with van der Waals surface area (Å²) >= 11 is 0. The number of aromatic nitrogens is 2. The van der Waals surface area contributed by atoms with Crippen LogP contribution in [-0.4, -0.2) is 65.4 Å². The summed E-state index contributed by atoms with van der Waals surface area (Å²) in [6.45, 7) is 3.50. The van der Waals surface area contributed by atoms with E-state index in [1.54, 1.807) is 4.90 Å². The van der Waals surface area contributed by atoms with Gasteiger partial charge in [0, 0.05) is 56.7 Å². The van der Waals surface area contributed by atoms with Crippen LogP contribution < -0.4 is 10.2 Å². The largest absolute Gasteiger partial charge is 0.467 e. The molecule has 1 aromatic heterocycles. The van der Waals surface area contributed by atoms with Crippen LogP contribution >= 0.6 is 0 Å². The lowest BCUT2D eigenvalue weighted by Crippen LogP contribution is -2.42. The topological polar surface area (TPSA) is 79.7 Å². The van der Waals surface area contributed by atoms with Gasteiger partial charge in [-0.15, -0.1) is 0 Å². The monoisotopic (exact) mass is 439 g/mol. The Bertz CT molecular complexity index is 918. The summed E-state index contributed by atoms with van der Waals surface area (Å²) in [5.41, 5.74) is 3.38. The molecule has 2 aliphatic heterocycles. The fraction of sp³-hybridized carbons (Fsp3) is 0.542. The number of aryl methyl sites for hydroxylation is 1. The molecular formula is C24H33N5O3. The van der Waals surface area contributed by atoms with E-state index in [9.17, 15) is 9.59 Å². The van der Waals surface area contributed by atoms with Crippen LogP contribution in [0, 0.1) is 0 Å². The van der Waals surface area contributed by atoms with Crippen molar-refractivity contribution in [2.24, 2.45) is 7.05 Å². The van der Waals surface area contributed by atoms with E-state index in [0.717, 1.165) is 44.5 Å². The molecular weight excluding hydrogens is 406 g/mol. The van der Waals surface area contributed by atoms with E-state index < -0.39 is 6.04 Å². The number of carbonyl (C=O) groups is 2. The van der Waals surface area contributed by atoms with Gasteiger partial charge in [-0.1, -0.05) is 12.1 Å². The molecule has 2 aliphatic rings. The maximum atomic E-state index is 12.7. The molecule has 1 N–H and O–H groups in total. The van der Waals surface area contributed by atoms with Gasteiger partial charge in [0.1, 0.15) is 6.04 Å². The van der Waals surface area contributed by atoms with Crippen LogP contribution in [0.3, 0.4) is 0 Å². The number of methoxy groups -OCH3 is 1. The first kappa shape index (κ1) is 22.3. The van der Waals surface area contributed by atoms with E-state index in [4.69, 9.17) is 4.74 Å². The van der Waals surface area contributed by atoms with Crippen LogP contribution in [-0.2, 0) is 34.3 Å². The number of hydrogen-bond donors (Lipinski definition) is 1. The van der Waals surface area contributed by atoms with Crippen molar-refractivity contribution < 1.29 is 14.3 Å². The molecule has 32 heavy (non-hydrogen) atoms. The van der Waals surface area contributed by atoms with E-state index >= 15 is 0 Å². The second-order valence-corrected chi connectivity index (χ2v) is 8.78. The summed E-state index contributed by atoms with van der Waals surface area (Å²) < 4.78 is 6.68. The van der Waals surface area contributed by atoms with Gasteiger partial charge in [-0.2, -0.15) is 5.10 Å². The van der Waals surface area contributed by atoms with Gasteiger partial charge >= 0.3 is 5.97 Å². The Kier molecular flexibility index (Phi) is 7.09. The molecule has 1 atom stereocenters. The Morgan fingerprint density at radius 3 is 2.50 bits per heavy atom. The van der Waals surface area contributed by atoms with E-state index in [-0.39, 0.29) is 11.9 Å². The van der Waals surface area contributed by atoms with Crippen molar-refractivity contribution in [2.45, 2.75) is 50.7 Å². The van der Waals surface area contributed by atoms with Gasteiger partial charge in [0.25, 0.3) is 0 Å². The Balaban J connectivity index is 1.25. The second-order valence-electron chi connectivity index (χ2n) is 8.78. The van der Waals surface area contributed by atoms with Crippen LogP contribution in [0.2, 0.25) is 0 Å². The van der Waals surface area contributed by atoms with Crippen LogP contribution in [0.1, 0.15) is 36.8 Å². The maximum Gasteiger partial charge on any atom is 0.328 e. The van der Waals surface area contributed by atoms with Crippen LogP contribution in [0.5, 0.6) is 0 Å². The first-order valence-electron chi connectivity index (χ1n) is 11.5. The molecule has 172 valence electrons. The molecule has 2 fully saturated rings. The number of carbonyl (C=O) groups excluding carboxylic acids is 2. The van der Waals surface area contributed by atoms with Crippen molar-refractivity contribution in [2.75, 3.05) is 31.6 Å². The highest BCUT2D eigenvalue weighted by molar-refractivity contribution is 5.86. The molecule has 2 saturated heterocycles. The smallest absolute Gasteiger partial charge is 0.328 e. The lowest BCUT2D eigenvalue weighted by atomic mass is 10.0. The SMILES string of the molecule is COC(=O)[C@@H]1CCCN1C(=O)Cc1ccc(N2CCC(NCc3cnn(C)c3)CC2)cc1. The number of ether oxygens (including phenoxy) is 1. The molecule has 0 saturated carbocycles. The normalized spacial score (nSPS) is 19.4. The van der Waals surface area contributed by atoms with E-state index in [0.29, 0.717) is 25.4 Å². The van der Waals surface area contributed by atoms with Gasteiger partial charge in [-0.3, -0.25) is 9.48 Å². The third-order valence-corrected chi connectivity index (χ3v) is 6.55. The number of esters is 1. The molecule has 3 heterocycles. The molecule has 2 aromatic rings. The molecule has 1 aromatic carbocycles. The first-order valence-corrected chi connectivity index (χ1v) is 11.5. The number of likely N-dealkylation sites (tertiary alicyclic amines) is 1. The highest BCUT2D eigenvalue weighted by Crippen LogP contribution is 2.23. The molecule has 8 nitrogen and oxygen atoms in total. The molecule has 0 spiro atoms. The van der Waals surface area contributed by atoms with Gasteiger partial charge in [0.2, 0.25) is 5.91 Å². The van der Waals surface area contributed by atoms with Crippen LogP contribution in [0.25, 0.3) is 0 Å². The van der Waals surface area contributed by atoms with Gasteiger partial charge < -0.3 is 19.9 Å². The molecule has 4 rings (SSSR count). The van der Waals surface area contributed by atoms with Gasteiger partial charge in [-0.25, -0.2) is 4.79 Å². The van der Waals surface area contributed by atoms with E-state index in [2.05, 4.69) is 27.4 Å². The summed E-state index contributed by atoms with van der Waals surface area (Å²) in [4.78, 5) is 28.7. The number of piperidine rings is 1. The third kappa shape index (κ3) is 5.30. The van der Waals surface area contributed by atoms with Crippen molar-refractivity contribution in [1.29, 1.82) is 0 Å². The number of anilines is 1. The number of benzene rings is 1. The molecule has 0 aliphatic carbocycles. The number of nitrogens with zero attached hydrogens (tertiary/aromatic N) is 4. The van der Waals surface area contributed by atoms with Crippen molar-refractivity contribution in [1.82, 2.24) is 20.0 Å². The zero-order chi connectivity index (χ0) is 22.5. The Morgan fingerprint density at radius 2 is 1.84 bits per heavy atom. The van der Waals surface area contributed by atoms with E-state index in [1.165, 1.54) is 18.4 Å². The average molecular weight is 440 g/mol. The number of nitrogens with one attached hydrogen (secondary N) is 1. The Morgan fingerprint density at radius 1 is 1.09 bits per heavy atom. The molecule has 1 amide bonds. The predicted molar refractivity (Wildman–Crippen MR) is 122 cm³/mol. The van der Waals surface area contributed by atoms with Crippen LogP contribution in [0.15, 0.2) is 36.7 Å². The van der Waals surface area contributed by atoms with E-state index in [1.807, 2.05) is 36.3 Å². The molecule has 0 radical (unpaired) electrons. The number of rotatable bonds is 7. The maximum absolute atomic E-state index is 12.7. The minimum absolute atomic E-state index is 0.00819. The molecule has 8 heteroatoms. The summed E-state index contributed by atoms with van der Waals surface area (Å²) in [6, 6.07) is 8.36. The summed E-state index contributed by atoms with van der Waals surface area (Å²) in [5.74, 6) is -0.323. The van der Waals surface area contributed by atoms with Crippen molar-refractivity contribution in [3.05, 3.63) is 47.8 Å². The average Bonchev–Trinajstić information content (AvgIpc) is 3.47. The second kappa shape index (κ2) is 10.2. The lowest BCUT2D eigenvalue weighted by molar-refractivity contribution is -0.150. The summed E-state index contributed by atoms with van der Waals surface area (Å²) in [5, 5.41) is 7.86. The van der Waals surface area contributed by atoms with Gasteiger partial charge in [0.15, 0.2) is 0 Å². The Hall–Kier alpha value is -2.87. The number of hydrogen-bond acceptors (Lipinski definition) is 6. The standard InChI is InChI=1S/C24H33N5O3/c1-27-17-19(16-26-27)15-25-20-9-12-28(13-10-20)21-7-5-18(6-8-21)14-23(30)29-11-3-4-22(29)24(31)32-2/h5-8,16-17,20,22,25H,3-4,9-15H2,1-2H3/t22-/m0/s1. The van der Waals surface area contributed by atoms with Gasteiger partial charge in [0.05, 0.1) is 19.7 Å². The van der Waals surface area contributed by atoms with Crippen molar-refractivity contribution >= 4 is 17.6 Å². The first-order chi connectivity index (χ1) is 15.5. The number of amides is 1. The zero-order valence-electron chi connectivity index (χ0n) is 19.0. The quantitative estimate of drug-likeness (QED) is 0.664. The van der Waals surface area contributed by atoms with Gasteiger partial charge in [-0.05, 0) is 43.4 Å². The zero-order valence-corrected chi connectivity index (χ0v) is 19.0. The highest BCUT2D eigenvalue weighted by Gasteiger charge is 2.34.